The van der Waals surface area contributed by atoms with Crippen LogP contribution in [-0.4, -0.2) is 24.0 Å². The van der Waals surface area contributed by atoms with Crippen LogP contribution in [0.3, 0.4) is 0 Å². The fourth-order valence-electron chi connectivity index (χ4n) is 1.95. The summed E-state index contributed by atoms with van der Waals surface area (Å²) < 4.78 is 42.5. The number of sulfonamides is 1. The van der Waals surface area contributed by atoms with Crippen molar-refractivity contribution in [3.63, 3.8) is 0 Å². The molecule has 0 bridgehead atoms. The standard InChI is InChI=1S/C13H17FN4O2S/c1-9-5-11(14)13(6-12(9)15)21(19,20)17-10(2)7-18-4-3-16-8-18/h3-6,8,10,17H,7,15H2,1-2H3. The number of anilines is 1. The lowest BCUT2D eigenvalue weighted by molar-refractivity contribution is 0.513. The summed E-state index contributed by atoms with van der Waals surface area (Å²) in [6.45, 7) is 3.69. The molecule has 1 aromatic carbocycles. The summed E-state index contributed by atoms with van der Waals surface area (Å²) in [5.41, 5.74) is 6.39. The molecule has 0 aliphatic rings. The average Bonchev–Trinajstić information content (AvgIpc) is 2.85. The lowest BCUT2D eigenvalue weighted by Crippen LogP contribution is -2.36. The van der Waals surface area contributed by atoms with Crippen molar-refractivity contribution in [1.29, 1.82) is 0 Å². The van der Waals surface area contributed by atoms with E-state index in [4.69, 9.17) is 5.73 Å². The number of imidazole rings is 1. The van der Waals surface area contributed by atoms with Gasteiger partial charge in [-0.2, -0.15) is 0 Å². The Morgan fingerprint density at radius 1 is 1.48 bits per heavy atom. The predicted molar refractivity (Wildman–Crippen MR) is 77.6 cm³/mol. The number of nitrogens with one attached hydrogen (secondary N) is 1. The number of hydrogen-bond donors (Lipinski definition) is 2. The minimum absolute atomic E-state index is 0.235. The summed E-state index contributed by atoms with van der Waals surface area (Å²) in [5, 5.41) is 0. The van der Waals surface area contributed by atoms with E-state index in [-0.39, 0.29) is 5.69 Å². The highest BCUT2D eigenvalue weighted by molar-refractivity contribution is 7.89. The Morgan fingerprint density at radius 3 is 2.81 bits per heavy atom. The molecular formula is C13H17FN4O2S. The molecule has 8 heteroatoms. The van der Waals surface area contributed by atoms with Crippen LogP contribution in [0.25, 0.3) is 0 Å². The maximum absolute atomic E-state index is 13.9. The molecule has 0 saturated heterocycles. The molecule has 0 radical (unpaired) electrons. The number of rotatable bonds is 5. The van der Waals surface area contributed by atoms with E-state index in [0.717, 1.165) is 12.1 Å². The molecular weight excluding hydrogens is 295 g/mol. The first-order valence-corrected chi connectivity index (χ1v) is 7.81. The van der Waals surface area contributed by atoms with Gasteiger partial charge in [-0.15, -0.1) is 0 Å². The Labute approximate surface area is 122 Å². The molecule has 21 heavy (non-hydrogen) atoms. The number of benzene rings is 1. The van der Waals surface area contributed by atoms with Gasteiger partial charge in [-0.3, -0.25) is 0 Å². The molecule has 0 fully saturated rings. The number of hydrogen-bond acceptors (Lipinski definition) is 4. The second kappa shape index (κ2) is 5.82. The van der Waals surface area contributed by atoms with Crippen LogP contribution in [-0.2, 0) is 16.6 Å². The SMILES string of the molecule is Cc1cc(F)c(S(=O)(=O)NC(C)Cn2ccnc2)cc1N. The van der Waals surface area contributed by atoms with E-state index in [0.29, 0.717) is 12.1 Å². The number of nitrogens with two attached hydrogens (primary N) is 1. The molecule has 3 N–H and O–H groups in total. The van der Waals surface area contributed by atoms with Gasteiger partial charge in [-0.05, 0) is 31.5 Å². The van der Waals surface area contributed by atoms with Gasteiger partial charge in [0.25, 0.3) is 0 Å². The number of nitrogens with zero attached hydrogens (tertiary/aromatic N) is 2. The minimum atomic E-state index is -3.97. The Hall–Kier alpha value is -1.93. The van der Waals surface area contributed by atoms with E-state index in [1.807, 2.05) is 0 Å². The Morgan fingerprint density at radius 2 is 2.19 bits per heavy atom. The van der Waals surface area contributed by atoms with Crippen LogP contribution in [0.4, 0.5) is 10.1 Å². The lowest BCUT2D eigenvalue weighted by Gasteiger charge is -2.15. The molecule has 0 aliphatic heterocycles. The van der Waals surface area contributed by atoms with Crippen molar-refractivity contribution in [1.82, 2.24) is 14.3 Å². The summed E-state index contributed by atoms with van der Waals surface area (Å²) in [7, 11) is -3.97. The van der Waals surface area contributed by atoms with Gasteiger partial charge in [0.1, 0.15) is 10.7 Å². The highest BCUT2D eigenvalue weighted by Gasteiger charge is 2.22. The van der Waals surface area contributed by atoms with E-state index < -0.39 is 26.8 Å². The first-order valence-electron chi connectivity index (χ1n) is 6.33. The monoisotopic (exact) mass is 312 g/mol. The first-order chi connectivity index (χ1) is 9.79. The first kappa shape index (κ1) is 15.5. The molecule has 2 aromatic rings. The zero-order chi connectivity index (χ0) is 15.6. The van der Waals surface area contributed by atoms with Crippen molar-refractivity contribution >= 4 is 15.7 Å². The number of aromatic nitrogens is 2. The van der Waals surface area contributed by atoms with E-state index >= 15 is 0 Å². The molecule has 0 spiro atoms. The van der Waals surface area contributed by atoms with Gasteiger partial charge in [0.2, 0.25) is 10.0 Å². The van der Waals surface area contributed by atoms with Crippen LogP contribution >= 0.6 is 0 Å². The summed E-state index contributed by atoms with van der Waals surface area (Å²) in [4.78, 5) is 3.43. The summed E-state index contributed by atoms with van der Waals surface area (Å²) in [6, 6.07) is 1.83. The van der Waals surface area contributed by atoms with Crippen LogP contribution in [0.1, 0.15) is 12.5 Å². The van der Waals surface area contributed by atoms with E-state index in [1.165, 1.54) is 0 Å². The number of nitrogen functional groups attached to an aromatic ring is 1. The Balaban J connectivity index is 2.20. The molecule has 2 rings (SSSR count). The molecule has 1 unspecified atom stereocenters. The van der Waals surface area contributed by atoms with Crippen LogP contribution in [0, 0.1) is 12.7 Å². The van der Waals surface area contributed by atoms with Crippen LogP contribution in [0.2, 0.25) is 0 Å². The summed E-state index contributed by atoms with van der Waals surface area (Å²) >= 11 is 0. The maximum Gasteiger partial charge on any atom is 0.243 e. The molecule has 6 nitrogen and oxygen atoms in total. The lowest BCUT2D eigenvalue weighted by atomic mass is 10.2. The second-order valence-corrected chi connectivity index (χ2v) is 6.60. The third-order valence-corrected chi connectivity index (χ3v) is 4.61. The van der Waals surface area contributed by atoms with E-state index in [1.54, 1.807) is 37.1 Å². The fraction of sp³-hybridized carbons (Fsp3) is 0.308. The fourth-order valence-corrected chi connectivity index (χ4v) is 3.28. The molecule has 1 heterocycles. The van der Waals surface area contributed by atoms with Gasteiger partial charge in [-0.1, -0.05) is 0 Å². The minimum Gasteiger partial charge on any atom is -0.398 e. The van der Waals surface area contributed by atoms with Gasteiger partial charge in [0.15, 0.2) is 0 Å². The van der Waals surface area contributed by atoms with Crippen molar-refractivity contribution < 1.29 is 12.8 Å². The third-order valence-electron chi connectivity index (χ3n) is 3.01. The van der Waals surface area contributed by atoms with Gasteiger partial charge in [-0.25, -0.2) is 22.5 Å². The van der Waals surface area contributed by atoms with Gasteiger partial charge in [0.05, 0.1) is 6.33 Å². The molecule has 0 saturated carbocycles. The summed E-state index contributed by atoms with van der Waals surface area (Å²) in [5.74, 6) is -0.816. The number of halogens is 1. The van der Waals surface area contributed by atoms with Gasteiger partial charge in [0, 0.05) is 30.7 Å². The van der Waals surface area contributed by atoms with Crippen LogP contribution in [0.15, 0.2) is 35.7 Å². The Kier molecular flexibility index (Phi) is 4.29. The largest absolute Gasteiger partial charge is 0.398 e. The second-order valence-electron chi connectivity index (χ2n) is 4.92. The molecule has 1 atom stereocenters. The van der Waals surface area contributed by atoms with Gasteiger partial charge < -0.3 is 10.3 Å². The highest BCUT2D eigenvalue weighted by Crippen LogP contribution is 2.21. The van der Waals surface area contributed by atoms with Crippen molar-refractivity contribution in [3.05, 3.63) is 42.2 Å². The van der Waals surface area contributed by atoms with Crippen LogP contribution < -0.4 is 10.5 Å². The van der Waals surface area contributed by atoms with E-state index in [9.17, 15) is 12.8 Å². The molecule has 114 valence electrons. The van der Waals surface area contributed by atoms with Gasteiger partial charge >= 0.3 is 0 Å². The smallest absolute Gasteiger partial charge is 0.243 e. The molecule has 0 aliphatic carbocycles. The topological polar surface area (TPSA) is 90.0 Å². The van der Waals surface area contributed by atoms with Crippen molar-refractivity contribution in [3.8, 4) is 0 Å². The average molecular weight is 312 g/mol. The normalized spacial score (nSPS) is 13.3. The zero-order valence-corrected chi connectivity index (χ0v) is 12.6. The molecule has 1 aromatic heterocycles. The molecule has 0 amide bonds. The maximum atomic E-state index is 13.9. The Bertz CT molecular complexity index is 729. The van der Waals surface area contributed by atoms with Crippen molar-refractivity contribution in [2.75, 3.05) is 5.73 Å². The summed E-state index contributed by atoms with van der Waals surface area (Å²) in [6.07, 6.45) is 4.89. The van der Waals surface area contributed by atoms with E-state index in [2.05, 4.69) is 9.71 Å². The third kappa shape index (κ3) is 3.59. The predicted octanol–water partition coefficient (Wildman–Crippen LogP) is 1.28. The zero-order valence-electron chi connectivity index (χ0n) is 11.7. The number of aryl methyl sites for hydroxylation is 1. The highest BCUT2D eigenvalue weighted by atomic mass is 32.2. The quantitative estimate of drug-likeness (QED) is 0.814. The van der Waals surface area contributed by atoms with Crippen LogP contribution in [0.5, 0.6) is 0 Å². The van der Waals surface area contributed by atoms with Crippen molar-refractivity contribution in [2.24, 2.45) is 0 Å². The van der Waals surface area contributed by atoms with Crippen molar-refractivity contribution in [2.45, 2.75) is 31.3 Å².